The highest BCUT2D eigenvalue weighted by Crippen LogP contribution is 2.54. The van der Waals surface area contributed by atoms with Crippen LogP contribution in [0, 0.1) is 12.8 Å². The van der Waals surface area contributed by atoms with Crippen LogP contribution in [0.3, 0.4) is 0 Å². The number of carbonyl (C=O) groups excluding carboxylic acids is 3. The number of nitrogens with zero attached hydrogens (tertiary/aromatic N) is 2. The lowest BCUT2D eigenvalue weighted by molar-refractivity contribution is -0.122. The average Bonchev–Trinajstić information content (AvgIpc) is 3.62. The molecule has 2 aliphatic rings. The smallest absolute Gasteiger partial charge is 0.308 e. The molecule has 1 saturated heterocycles. The number of thioether (sulfide) groups is 1. The molecule has 0 saturated carbocycles. The van der Waals surface area contributed by atoms with Gasteiger partial charge in [-0.2, -0.15) is 0 Å². The number of primary sulfonamides is 1. The first-order chi connectivity index (χ1) is 19.5. The first-order valence-corrected chi connectivity index (χ1v) is 16.5. The van der Waals surface area contributed by atoms with Gasteiger partial charge < -0.3 is 5.32 Å². The van der Waals surface area contributed by atoms with Crippen LogP contribution in [0.4, 0.5) is 11.4 Å². The number of aromatic nitrogens is 1. The Morgan fingerprint density at radius 3 is 2.34 bits per heavy atom. The summed E-state index contributed by atoms with van der Waals surface area (Å²) >= 11 is 3.58. The molecule has 0 radical (unpaired) electrons. The van der Waals surface area contributed by atoms with Gasteiger partial charge in [-0.05, 0) is 54.8 Å². The van der Waals surface area contributed by atoms with Gasteiger partial charge in [0.25, 0.3) is 0 Å². The minimum absolute atomic E-state index is 0.0975. The lowest BCUT2D eigenvalue weighted by Crippen LogP contribution is -2.32. The van der Waals surface area contributed by atoms with E-state index in [-0.39, 0.29) is 28.1 Å². The number of nitrogens with two attached hydrogens (primary N) is 1. The van der Waals surface area contributed by atoms with Gasteiger partial charge in [0.05, 0.1) is 21.5 Å². The standard InChI is InChI=1S/C27H22N4O6S4/c1-14-4-8-16(9-5-14)31-24(33)21-20(18-3-2-12-38-18)23-26(39-22(21)25(31)34)30(27(35)40-23)13-19(32)29-15-6-10-17(11-7-15)41(28,36)37/h2-12,20-22H,13H2,1H3,(H,29,32)(H2,28,36,37). The number of imide groups is 1. The second-order valence-electron chi connectivity index (χ2n) is 9.65. The van der Waals surface area contributed by atoms with Crippen molar-refractivity contribution < 1.29 is 22.8 Å². The highest BCUT2D eigenvalue weighted by Gasteiger charge is 2.57. The monoisotopic (exact) mass is 626 g/mol. The molecule has 210 valence electrons. The Hall–Kier alpha value is -3.56. The van der Waals surface area contributed by atoms with Crippen molar-refractivity contribution in [2.24, 2.45) is 11.1 Å². The van der Waals surface area contributed by atoms with E-state index in [4.69, 9.17) is 5.14 Å². The summed E-state index contributed by atoms with van der Waals surface area (Å²) in [5.41, 5.74) is 1.83. The highest BCUT2D eigenvalue weighted by atomic mass is 32.2. The van der Waals surface area contributed by atoms with Gasteiger partial charge in [-0.3, -0.25) is 23.7 Å². The summed E-state index contributed by atoms with van der Waals surface area (Å²) in [5, 5.41) is 9.40. The van der Waals surface area contributed by atoms with Gasteiger partial charge in [-0.1, -0.05) is 46.9 Å². The molecule has 3 atom stereocenters. The van der Waals surface area contributed by atoms with Gasteiger partial charge in [0, 0.05) is 21.4 Å². The minimum Gasteiger partial charge on any atom is -0.325 e. The van der Waals surface area contributed by atoms with E-state index < -0.39 is 33.0 Å². The molecule has 3 unspecified atom stereocenters. The van der Waals surface area contributed by atoms with Crippen LogP contribution >= 0.6 is 34.4 Å². The maximum atomic E-state index is 13.8. The molecule has 3 amide bonds. The van der Waals surface area contributed by atoms with Crippen molar-refractivity contribution in [2.75, 3.05) is 10.2 Å². The van der Waals surface area contributed by atoms with E-state index in [9.17, 15) is 27.6 Å². The quantitative estimate of drug-likeness (QED) is 0.312. The summed E-state index contributed by atoms with van der Waals surface area (Å²) in [6, 6.07) is 16.3. The summed E-state index contributed by atoms with van der Waals surface area (Å²) in [4.78, 5) is 56.0. The number of rotatable bonds is 6. The van der Waals surface area contributed by atoms with Crippen LogP contribution in [-0.2, 0) is 31.0 Å². The van der Waals surface area contributed by atoms with Crippen LogP contribution in [0.1, 0.15) is 21.2 Å². The number of sulfonamides is 1. The lowest BCUT2D eigenvalue weighted by Gasteiger charge is -2.29. The Balaban J connectivity index is 1.33. The van der Waals surface area contributed by atoms with E-state index in [1.54, 1.807) is 12.1 Å². The Bertz CT molecular complexity index is 1840. The number of anilines is 2. The van der Waals surface area contributed by atoms with Crippen molar-refractivity contribution in [3.05, 3.63) is 91.0 Å². The van der Waals surface area contributed by atoms with Gasteiger partial charge in [0.1, 0.15) is 11.8 Å². The molecule has 10 nitrogen and oxygen atoms in total. The molecule has 0 aliphatic carbocycles. The lowest BCUT2D eigenvalue weighted by atomic mass is 9.87. The Morgan fingerprint density at radius 1 is 1.00 bits per heavy atom. The van der Waals surface area contributed by atoms with E-state index in [2.05, 4.69) is 5.32 Å². The van der Waals surface area contributed by atoms with Gasteiger partial charge in [0.2, 0.25) is 27.7 Å². The largest absolute Gasteiger partial charge is 0.325 e. The Kier molecular flexibility index (Phi) is 6.98. The third-order valence-corrected chi connectivity index (χ3v) is 11.4. The molecule has 3 N–H and O–H groups in total. The second-order valence-corrected chi connectivity index (χ2v) is 14.3. The number of benzene rings is 2. The maximum Gasteiger partial charge on any atom is 0.308 e. The molecular formula is C27H22N4O6S4. The molecule has 4 aromatic rings. The van der Waals surface area contributed by atoms with Gasteiger partial charge >= 0.3 is 4.87 Å². The number of thiophene rings is 1. The summed E-state index contributed by atoms with van der Waals surface area (Å²) in [7, 11) is -3.88. The van der Waals surface area contributed by atoms with Crippen LogP contribution in [-0.4, -0.2) is 36.0 Å². The summed E-state index contributed by atoms with van der Waals surface area (Å²) in [6.07, 6.45) is 0. The molecule has 41 heavy (non-hydrogen) atoms. The Labute approximate surface area is 246 Å². The number of aryl methyl sites for hydroxylation is 1. The van der Waals surface area contributed by atoms with E-state index in [0.717, 1.165) is 33.5 Å². The summed E-state index contributed by atoms with van der Waals surface area (Å²) in [5.74, 6) is -2.38. The topological polar surface area (TPSA) is 149 Å². The third kappa shape index (κ3) is 4.95. The van der Waals surface area contributed by atoms with Crippen LogP contribution in [0.5, 0.6) is 0 Å². The van der Waals surface area contributed by atoms with Gasteiger partial charge in [-0.25, -0.2) is 18.5 Å². The molecule has 1 fully saturated rings. The van der Waals surface area contributed by atoms with Gasteiger partial charge in [0.15, 0.2) is 0 Å². The van der Waals surface area contributed by atoms with E-state index >= 15 is 0 Å². The molecule has 2 aliphatic heterocycles. The van der Waals surface area contributed by atoms with Crippen LogP contribution in [0.2, 0.25) is 0 Å². The van der Waals surface area contributed by atoms with Crippen molar-refractivity contribution in [1.29, 1.82) is 0 Å². The number of amides is 3. The SMILES string of the molecule is Cc1ccc(N2C(=O)C3Sc4c(sc(=O)n4CC(=O)Nc4ccc(S(N)(=O)=O)cc4)C(c4cccs4)C3C2=O)cc1. The maximum absolute atomic E-state index is 13.8. The fraction of sp³-hybridized carbons (Fsp3) is 0.185. The average molecular weight is 627 g/mol. The van der Waals surface area contributed by atoms with Crippen LogP contribution in [0.15, 0.2) is 80.8 Å². The normalized spacial score (nSPS) is 20.1. The van der Waals surface area contributed by atoms with E-state index in [1.807, 2.05) is 36.6 Å². The van der Waals surface area contributed by atoms with Crippen LogP contribution in [0.25, 0.3) is 0 Å². The molecular weight excluding hydrogens is 605 g/mol. The molecule has 6 rings (SSSR count). The first-order valence-electron chi connectivity index (χ1n) is 12.3. The molecule has 4 heterocycles. The molecule has 0 spiro atoms. The van der Waals surface area contributed by atoms with Crippen molar-refractivity contribution in [2.45, 2.75) is 34.6 Å². The third-order valence-electron chi connectivity index (χ3n) is 6.96. The fourth-order valence-corrected chi connectivity index (χ4v) is 9.29. The zero-order chi connectivity index (χ0) is 29.1. The number of nitrogens with one attached hydrogen (secondary N) is 1. The predicted octanol–water partition coefficient (Wildman–Crippen LogP) is 3.36. The van der Waals surface area contributed by atoms with Crippen LogP contribution < -0.4 is 20.2 Å². The number of hydrogen-bond acceptors (Lipinski definition) is 9. The predicted molar refractivity (Wildman–Crippen MR) is 158 cm³/mol. The molecule has 2 aromatic heterocycles. The van der Waals surface area contributed by atoms with Crippen molar-refractivity contribution in [3.8, 4) is 0 Å². The van der Waals surface area contributed by atoms with E-state index in [0.29, 0.717) is 21.3 Å². The van der Waals surface area contributed by atoms with Crippen molar-refractivity contribution in [1.82, 2.24) is 4.57 Å². The fourth-order valence-electron chi connectivity index (χ4n) is 5.05. The zero-order valence-electron chi connectivity index (χ0n) is 21.3. The molecule has 0 bridgehead atoms. The molecule has 14 heteroatoms. The first kappa shape index (κ1) is 27.6. The van der Waals surface area contributed by atoms with E-state index in [1.165, 1.54) is 45.1 Å². The van der Waals surface area contributed by atoms with Gasteiger partial charge in [-0.15, -0.1) is 11.3 Å². The summed E-state index contributed by atoms with van der Waals surface area (Å²) < 4.78 is 24.3. The van der Waals surface area contributed by atoms with Crippen molar-refractivity contribution in [3.63, 3.8) is 0 Å². The van der Waals surface area contributed by atoms with Crippen molar-refractivity contribution >= 4 is 73.6 Å². The number of carbonyl (C=O) groups is 3. The highest BCUT2D eigenvalue weighted by molar-refractivity contribution is 8.00. The minimum atomic E-state index is -3.88. The summed E-state index contributed by atoms with van der Waals surface area (Å²) in [6.45, 7) is 1.60. The molecule has 2 aromatic carbocycles. The number of hydrogen-bond donors (Lipinski definition) is 2. The Morgan fingerprint density at radius 2 is 1.71 bits per heavy atom. The number of thiazole rings is 1. The number of fused-ring (bicyclic) bond motifs is 2. The zero-order valence-corrected chi connectivity index (χ0v) is 24.6. The second kappa shape index (κ2) is 10.4.